The van der Waals surface area contributed by atoms with Crippen molar-refractivity contribution in [2.75, 3.05) is 0 Å². The van der Waals surface area contributed by atoms with E-state index in [9.17, 15) is 0 Å². The number of nitriles is 1. The molecule has 0 bridgehead atoms. The zero-order chi connectivity index (χ0) is 12.5. The minimum atomic E-state index is 0.452. The first-order valence-electron chi connectivity index (χ1n) is 5.91. The summed E-state index contributed by atoms with van der Waals surface area (Å²) in [7, 11) is 0. The lowest BCUT2D eigenvalue weighted by atomic mass is 10.2. The minimum absolute atomic E-state index is 0.452. The number of thiazole rings is 1. The number of rotatable bonds is 3. The molecule has 18 heavy (non-hydrogen) atoms. The van der Waals surface area contributed by atoms with Crippen LogP contribution in [-0.4, -0.2) is 4.98 Å². The number of halogens is 1. The highest BCUT2D eigenvalue weighted by atomic mass is 35.5. The molecule has 2 aromatic rings. The average molecular weight is 275 g/mol. The second-order valence-electron chi connectivity index (χ2n) is 4.42. The van der Waals surface area contributed by atoms with Gasteiger partial charge in [0.1, 0.15) is 5.01 Å². The highest BCUT2D eigenvalue weighted by Gasteiger charge is 2.29. The molecule has 0 spiro atoms. The van der Waals surface area contributed by atoms with Gasteiger partial charge in [0.05, 0.1) is 23.2 Å². The monoisotopic (exact) mass is 274 g/mol. The Labute approximate surface area is 115 Å². The third-order valence-corrected chi connectivity index (χ3v) is 4.47. The van der Waals surface area contributed by atoms with Crippen LogP contribution in [0.4, 0.5) is 0 Å². The fourth-order valence-electron chi connectivity index (χ4n) is 1.99. The van der Waals surface area contributed by atoms with Gasteiger partial charge in [-0.2, -0.15) is 5.26 Å². The van der Waals surface area contributed by atoms with Crippen molar-refractivity contribution >= 4 is 22.9 Å². The van der Waals surface area contributed by atoms with Crippen molar-refractivity contribution in [3.63, 3.8) is 0 Å². The van der Waals surface area contributed by atoms with Crippen LogP contribution < -0.4 is 0 Å². The molecule has 0 N–H and O–H groups in total. The molecule has 0 aliphatic heterocycles. The van der Waals surface area contributed by atoms with Crippen LogP contribution in [0.5, 0.6) is 0 Å². The predicted octanol–water partition coefficient (Wildman–Crippen LogP) is 4.41. The fraction of sp³-hybridized carbons (Fsp3) is 0.286. The maximum atomic E-state index is 8.88. The van der Waals surface area contributed by atoms with E-state index in [1.807, 2.05) is 24.3 Å². The van der Waals surface area contributed by atoms with E-state index in [1.165, 1.54) is 12.8 Å². The molecule has 0 saturated heterocycles. The third kappa shape index (κ3) is 2.14. The van der Waals surface area contributed by atoms with Crippen LogP contribution in [0.3, 0.4) is 0 Å². The van der Waals surface area contributed by atoms with E-state index >= 15 is 0 Å². The molecule has 1 aromatic carbocycles. The molecule has 4 heteroatoms. The molecule has 1 heterocycles. The van der Waals surface area contributed by atoms with Gasteiger partial charge in [0.25, 0.3) is 0 Å². The first-order chi connectivity index (χ1) is 8.79. The second-order valence-corrected chi connectivity index (χ2v) is 5.91. The fourth-order valence-corrected chi connectivity index (χ4v) is 3.39. The molecule has 2 nitrogen and oxygen atoms in total. The molecule has 1 aliphatic carbocycles. The van der Waals surface area contributed by atoms with Crippen LogP contribution in [0.25, 0.3) is 10.6 Å². The molecule has 90 valence electrons. The van der Waals surface area contributed by atoms with Crippen molar-refractivity contribution in [1.29, 1.82) is 5.26 Å². The topological polar surface area (TPSA) is 36.7 Å². The first kappa shape index (κ1) is 11.7. The number of benzene rings is 1. The quantitative estimate of drug-likeness (QED) is 0.831. The molecule has 0 atom stereocenters. The summed E-state index contributed by atoms with van der Waals surface area (Å²) in [5.74, 6) is 0.570. The molecule has 1 fully saturated rings. The largest absolute Gasteiger partial charge is 0.240 e. The Morgan fingerprint density at radius 1 is 1.39 bits per heavy atom. The van der Waals surface area contributed by atoms with Gasteiger partial charge >= 0.3 is 0 Å². The number of hydrogen-bond donors (Lipinski definition) is 0. The van der Waals surface area contributed by atoms with Crippen molar-refractivity contribution < 1.29 is 0 Å². The van der Waals surface area contributed by atoms with E-state index in [-0.39, 0.29) is 0 Å². The molecule has 3 rings (SSSR count). The van der Waals surface area contributed by atoms with Crippen LogP contribution in [0.15, 0.2) is 24.3 Å². The Morgan fingerprint density at radius 3 is 2.83 bits per heavy atom. The maximum absolute atomic E-state index is 8.88. The van der Waals surface area contributed by atoms with Gasteiger partial charge in [-0.1, -0.05) is 29.8 Å². The van der Waals surface area contributed by atoms with Crippen LogP contribution in [0.2, 0.25) is 5.02 Å². The number of nitrogens with zero attached hydrogens (tertiary/aromatic N) is 2. The van der Waals surface area contributed by atoms with Crippen molar-refractivity contribution in [3.05, 3.63) is 39.9 Å². The second kappa shape index (κ2) is 4.72. The number of aromatic nitrogens is 1. The van der Waals surface area contributed by atoms with E-state index in [4.69, 9.17) is 21.8 Å². The predicted molar refractivity (Wildman–Crippen MR) is 73.9 cm³/mol. The minimum Gasteiger partial charge on any atom is -0.240 e. The van der Waals surface area contributed by atoms with Crippen molar-refractivity contribution in [3.8, 4) is 16.6 Å². The standard InChI is InChI=1S/C14H11ClN2S/c15-11-4-2-1-3-10(11)14-17-13(9-5-6-9)12(18-14)7-8-16/h1-4,9H,5-7H2. The lowest BCUT2D eigenvalue weighted by Gasteiger charge is -1.98. The van der Waals surface area contributed by atoms with Gasteiger partial charge in [-0.15, -0.1) is 11.3 Å². The Bertz CT molecular complexity index is 623. The molecular formula is C14H11ClN2S. The zero-order valence-corrected chi connectivity index (χ0v) is 11.3. The van der Waals surface area contributed by atoms with Crippen molar-refractivity contribution in [2.24, 2.45) is 0 Å². The van der Waals surface area contributed by atoms with E-state index < -0.39 is 0 Å². The SMILES string of the molecule is N#CCc1sc(-c2ccccc2Cl)nc1C1CC1. The van der Waals surface area contributed by atoms with Crippen LogP contribution in [0, 0.1) is 11.3 Å². The molecule has 0 radical (unpaired) electrons. The van der Waals surface area contributed by atoms with Crippen LogP contribution in [0.1, 0.15) is 29.3 Å². The molecule has 0 unspecified atom stereocenters. The first-order valence-corrected chi connectivity index (χ1v) is 7.10. The lowest BCUT2D eigenvalue weighted by molar-refractivity contribution is 1.02. The number of hydrogen-bond acceptors (Lipinski definition) is 3. The lowest BCUT2D eigenvalue weighted by Crippen LogP contribution is -1.86. The molecule has 0 amide bonds. The van der Waals surface area contributed by atoms with E-state index in [1.54, 1.807) is 11.3 Å². The highest BCUT2D eigenvalue weighted by molar-refractivity contribution is 7.15. The van der Waals surface area contributed by atoms with Gasteiger partial charge in [0, 0.05) is 16.4 Å². The van der Waals surface area contributed by atoms with E-state index in [0.717, 1.165) is 26.2 Å². The molecule has 1 saturated carbocycles. The Hall–Kier alpha value is -1.37. The average Bonchev–Trinajstić information content (AvgIpc) is 3.13. The van der Waals surface area contributed by atoms with Gasteiger partial charge in [-0.05, 0) is 18.9 Å². The Balaban J connectivity index is 2.06. The summed E-state index contributed by atoms with van der Waals surface area (Å²) in [6.45, 7) is 0. The maximum Gasteiger partial charge on any atom is 0.125 e. The summed E-state index contributed by atoms with van der Waals surface area (Å²) in [6.07, 6.45) is 2.85. The molecule has 1 aromatic heterocycles. The van der Waals surface area contributed by atoms with E-state index in [0.29, 0.717) is 12.3 Å². The van der Waals surface area contributed by atoms with Crippen molar-refractivity contribution in [2.45, 2.75) is 25.2 Å². The van der Waals surface area contributed by atoms with E-state index in [2.05, 4.69) is 6.07 Å². The van der Waals surface area contributed by atoms with Crippen molar-refractivity contribution in [1.82, 2.24) is 4.98 Å². The van der Waals surface area contributed by atoms with Gasteiger partial charge in [-0.3, -0.25) is 0 Å². The summed E-state index contributed by atoms with van der Waals surface area (Å²) in [4.78, 5) is 5.81. The molecular weight excluding hydrogens is 264 g/mol. The van der Waals surface area contributed by atoms with Gasteiger partial charge in [-0.25, -0.2) is 4.98 Å². The Morgan fingerprint density at radius 2 is 2.17 bits per heavy atom. The highest BCUT2D eigenvalue weighted by Crippen LogP contribution is 2.44. The smallest absolute Gasteiger partial charge is 0.125 e. The summed E-state index contributed by atoms with van der Waals surface area (Å²) >= 11 is 7.80. The summed E-state index contributed by atoms with van der Waals surface area (Å²) in [5.41, 5.74) is 2.09. The summed E-state index contributed by atoms with van der Waals surface area (Å²) in [5, 5.41) is 10.5. The van der Waals surface area contributed by atoms with Crippen LogP contribution in [-0.2, 0) is 6.42 Å². The summed E-state index contributed by atoms with van der Waals surface area (Å²) < 4.78 is 0. The van der Waals surface area contributed by atoms with Gasteiger partial charge in [0.15, 0.2) is 0 Å². The van der Waals surface area contributed by atoms with Gasteiger partial charge < -0.3 is 0 Å². The zero-order valence-electron chi connectivity index (χ0n) is 9.69. The van der Waals surface area contributed by atoms with Gasteiger partial charge in [0.2, 0.25) is 0 Å². The van der Waals surface area contributed by atoms with Crippen LogP contribution >= 0.6 is 22.9 Å². The third-order valence-electron chi connectivity index (χ3n) is 3.04. The molecule has 1 aliphatic rings. The summed E-state index contributed by atoms with van der Waals surface area (Å²) in [6, 6.07) is 9.95. The Kier molecular flexibility index (Phi) is 3.07. The normalized spacial score (nSPS) is 14.4.